The fraction of sp³-hybridized carbons (Fsp3) is 0.417. The highest BCUT2D eigenvalue weighted by atomic mass is 16.5. The monoisotopic (exact) mass is 450 g/mol. The van der Waals surface area contributed by atoms with Gasteiger partial charge in [-0.1, -0.05) is 5.57 Å². The largest absolute Gasteiger partial charge is 0.490 e. The molecule has 1 aliphatic heterocycles. The zero-order chi connectivity index (χ0) is 23.4. The number of aryl methyl sites for hydroxylation is 1. The van der Waals surface area contributed by atoms with Crippen molar-refractivity contribution in [3.05, 3.63) is 41.9 Å². The lowest BCUT2D eigenvalue weighted by Crippen LogP contribution is -2.18. The Balaban J connectivity index is 1.76. The molecule has 1 N–H and O–H groups in total. The van der Waals surface area contributed by atoms with Crippen LogP contribution in [0.1, 0.15) is 39.7 Å². The maximum Gasteiger partial charge on any atom is 0.222 e. The molecule has 0 spiro atoms. The van der Waals surface area contributed by atoms with E-state index in [1.165, 1.54) is 0 Å². The number of aromatic nitrogens is 5. The number of hydrogen-bond donors (Lipinski definition) is 1. The standard InChI is InChI=1S/C24H30N6O3/c1-6-31-14-19(15(2)3)17-12-26-22-11-20(17)33-16(4)8-10-32-24-18(13-27-30(24)5)23-25-9-7-21(28-22)29-23/h7,9,11-13,16H,6,8,10,14H2,1-5H3,(H,25,26,28,29)/t16-/m0/s1. The summed E-state index contributed by atoms with van der Waals surface area (Å²) in [5, 5.41) is 7.59. The predicted molar refractivity (Wildman–Crippen MR) is 127 cm³/mol. The average Bonchev–Trinajstić information content (AvgIpc) is 3.15. The molecule has 0 saturated heterocycles. The molecule has 3 aromatic heterocycles. The van der Waals surface area contributed by atoms with E-state index < -0.39 is 0 Å². The van der Waals surface area contributed by atoms with Crippen molar-refractivity contribution < 1.29 is 14.2 Å². The number of nitrogens with one attached hydrogen (secondary N) is 1. The van der Waals surface area contributed by atoms with Crippen LogP contribution in [0.15, 0.2) is 36.3 Å². The predicted octanol–water partition coefficient (Wildman–Crippen LogP) is 4.40. The zero-order valence-electron chi connectivity index (χ0n) is 19.8. The van der Waals surface area contributed by atoms with Crippen LogP contribution >= 0.6 is 0 Å². The average molecular weight is 451 g/mol. The van der Waals surface area contributed by atoms with E-state index in [0.717, 1.165) is 28.0 Å². The van der Waals surface area contributed by atoms with E-state index in [1.807, 2.05) is 33.2 Å². The van der Waals surface area contributed by atoms with Crippen LogP contribution in [0, 0.1) is 0 Å². The summed E-state index contributed by atoms with van der Waals surface area (Å²) in [6.45, 7) is 9.77. The first-order chi connectivity index (χ1) is 16.0. The molecule has 0 amide bonds. The highest BCUT2D eigenvalue weighted by Crippen LogP contribution is 2.33. The van der Waals surface area contributed by atoms with Crippen molar-refractivity contribution in [2.45, 2.75) is 40.2 Å². The molecule has 33 heavy (non-hydrogen) atoms. The van der Waals surface area contributed by atoms with Crippen LogP contribution in [0.5, 0.6) is 11.6 Å². The van der Waals surface area contributed by atoms with Gasteiger partial charge in [-0.25, -0.2) is 19.6 Å². The molecule has 1 atom stereocenters. The molecule has 0 radical (unpaired) electrons. The first-order valence-corrected chi connectivity index (χ1v) is 11.1. The van der Waals surface area contributed by atoms with E-state index in [2.05, 4.69) is 39.2 Å². The van der Waals surface area contributed by atoms with Crippen molar-refractivity contribution in [1.29, 1.82) is 0 Å². The Morgan fingerprint density at radius 1 is 1.24 bits per heavy atom. The van der Waals surface area contributed by atoms with Gasteiger partial charge in [0.1, 0.15) is 22.9 Å². The molecule has 0 fully saturated rings. The summed E-state index contributed by atoms with van der Waals surface area (Å²) in [5.41, 5.74) is 3.88. The Labute approximate surface area is 193 Å². The van der Waals surface area contributed by atoms with Crippen LogP contribution < -0.4 is 14.8 Å². The number of anilines is 2. The second kappa shape index (κ2) is 9.99. The Kier molecular flexibility index (Phi) is 6.88. The highest BCUT2D eigenvalue weighted by molar-refractivity contribution is 5.74. The van der Waals surface area contributed by atoms with Crippen LogP contribution in [0.3, 0.4) is 0 Å². The molecule has 4 bridgehead atoms. The molecule has 9 heteroatoms. The summed E-state index contributed by atoms with van der Waals surface area (Å²) >= 11 is 0. The molecular weight excluding hydrogens is 420 g/mol. The highest BCUT2D eigenvalue weighted by Gasteiger charge is 2.19. The zero-order valence-corrected chi connectivity index (χ0v) is 19.8. The van der Waals surface area contributed by atoms with E-state index >= 15 is 0 Å². The Morgan fingerprint density at radius 3 is 2.88 bits per heavy atom. The summed E-state index contributed by atoms with van der Waals surface area (Å²) in [6, 6.07) is 3.70. The van der Waals surface area contributed by atoms with E-state index in [-0.39, 0.29) is 6.10 Å². The van der Waals surface area contributed by atoms with Gasteiger partial charge in [0.05, 0.1) is 25.5 Å². The van der Waals surface area contributed by atoms with Crippen LogP contribution in [0.25, 0.3) is 17.0 Å². The number of rotatable bonds is 4. The van der Waals surface area contributed by atoms with Crippen molar-refractivity contribution in [2.75, 3.05) is 25.1 Å². The van der Waals surface area contributed by atoms with Gasteiger partial charge in [-0.2, -0.15) is 5.10 Å². The summed E-state index contributed by atoms with van der Waals surface area (Å²) in [6.07, 6.45) is 5.84. The maximum absolute atomic E-state index is 6.39. The van der Waals surface area contributed by atoms with Gasteiger partial charge in [0.15, 0.2) is 5.82 Å². The second-order valence-corrected chi connectivity index (χ2v) is 8.12. The van der Waals surface area contributed by atoms with Gasteiger partial charge in [-0.15, -0.1) is 0 Å². The van der Waals surface area contributed by atoms with Gasteiger partial charge in [0.25, 0.3) is 0 Å². The van der Waals surface area contributed by atoms with E-state index in [1.54, 1.807) is 23.1 Å². The molecule has 0 aromatic carbocycles. The lowest BCUT2D eigenvalue weighted by molar-refractivity contribution is 0.170. The lowest BCUT2D eigenvalue weighted by Gasteiger charge is -2.21. The van der Waals surface area contributed by atoms with Gasteiger partial charge < -0.3 is 19.5 Å². The minimum absolute atomic E-state index is 0.0850. The van der Waals surface area contributed by atoms with E-state index in [0.29, 0.717) is 49.6 Å². The maximum atomic E-state index is 6.39. The summed E-state index contributed by atoms with van der Waals surface area (Å²) < 4.78 is 19.9. The quantitative estimate of drug-likeness (QED) is 0.625. The number of hydrogen-bond acceptors (Lipinski definition) is 8. The van der Waals surface area contributed by atoms with Crippen LogP contribution in [0.2, 0.25) is 0 Å². The smallest absolute Gasteiger partial charge is 0.222 e. The fourth-order valence-corrected chi connectivity index (χ4v) is 3.56. The molecule has 4 rings (SSSR count). The minimum atomic E-state index is -0.0850. The molecule has 4 heterocycles. The topological polar surface area (TPSA) is 96.2 Å². The fourth-order valence-electron chi connectivity index (χ4n) is 3.56. The molecule has 0 saturated carbocycles. The molecule has 1 aliphatic rings. The molecular formula is C24H30N6O3. The second-order valence-electron chi connectivity index (χ2n) is 8.12. The third kappa shape index (κ3) is 5.14. The van der Waals surface area contributed by atoms with Crippen LogP contribution in [-0.2, 0) is 11.8 Å². The molecule has 0 aliphatic carbocycles. The number of ether oxygens (including phenoxy) is 3. The van der Waals surface area contributed by atoms with Crippen molar-refractivity contribution in [3.63, 3.8) is 0 Å². The van der Waals surface area contributed by atoms with Gasteiger partial charge >= 0.3 is 0 Å². The molecule has 174 valence electrons. The van der Waals surface area contributed by atoms with Gasteiger partial charge in [0.2, 0.25) is 5.88 Å². The Bertz CT molecular complexity index is 1150. The van der Waals surface area contributed by atoms with E-state index in [4.69, 9.17) is 14.2 Å². The summed E-state index contributed by atoms with van der Waals surface area (Å²) in [7, 11) is 1.84. The van der Waals surface area contributed by atoms with Gasteiger partial charge in [0, 0.05) is 44.1 Å². The summed E-state index contributed by atoms with van der Waals surface area (Å²) in [4.78, 5) is 13.7. The lowest BCUT2D eigenvalue weighted by atomic mass is 10.0. The van der Waals surface area contributed by atoms with Crippen LogP contribution in [0.4, 0.5) is 11.6 Å². The van der Waals surface area contributed by atoms with Gasteiger partial charge in [-0.3, -0.25) is 0 Å². The first kappa shape index (κ1) is 22.7. The van der Waals surface area contributed by atoms with Crippen molar-refractivity contribution in [3.8, 4) is 23.0 Å². The first-order valence-electron chi connectivity index (χ1n) is 11.1. The SMILES string of the molecule is CCOCC(=C(C)C)c1cnc2cc1O[C@@H](C)CCOc1c(cnn1C)-c1nccc(n1)N2. The minimum Gasteiger partial charge on any atom is -0.490 e. The Morgan fingerprint density at radius 2 is 2.09 bits per heavy atom. The molecule has 9 nitrogen and oxygen atoms in total. The molecule has 3 aromatic rings. The van der Waals surface area contributed by atoms with Crippen LogP contribution in [-0.4, -0.2) is 50.7 Å². The number of nitrogens with zero attached hydrogens (tertiary/aromatic N) is 5. The third-order valence-corrected chi connectivity index (χ3v) is 5.37. The third-order valence-electron chi connectivity index (χ3n) is 5.37. The summed E-state index contributed by atoms with van der Waals surface area (Å²) in [5.74, 6) is 3.14. The molecule has 0 unspecified atom stereocenters. The Hall–Kier alpha value is -3.46. The number of pyridine rings is 1. The van der Waals surface area contributed by atoms with Crippen molar-refractivity contribution in [1.82, 2.24) is 24.7 Å². The van der Waals surface area contributed by atoms with Gasteiger partial charge in [-0.05, 0) is 39.3 Å². The number of fused-ring (bicyclic) bond motifs is 6. The van der Waals surface area contributed by atoms with Crippen molar-refractivity contribution in [2.24, 2.45) is 7.05 Å². The number of allylic oxidation sites excluding steroid dienone is 1. The van der Waals surface area contributed by atoms with Crippen molar-refractivity contribution >= 4 is 17.2 Å². The normalized spacial score (nSPS) is 15.4. The van der Waals surface area contributed by atoms with E-state index in [9.17, 15) is 0 Å².